The summed E-state index contributed by atoms with van der Waals surface area (Å²) in [6.07, 6.45) is 3.27. The lowest BCUT2D eigenvalue weighted by Gasteiger charge is -2.20. The highest BCUT2D eigenvalue weighted by Gasteiger charge is 2.24. The number of halogens is 2. The second kappa shape index (κ2) is 7.20. The Bertz CT molecular complexity index is 1080. The summed E-state index contributed by atoms with van der Waals surface area (Å²) in [5, 5.41) is 0.439. The first-order valence-electron chi connectivity index (χ1n) is 8.13. The molecule has 4 nitrogen and oxygen atoms in total. The minimum atomic E-state index is -0.905. The Kier molecular flexibility index (Phi) is 4.60. The third-order valence-corrected chi connectivity index (χ3v) is 5.04. The first kappa shape index (κ1) is 17.2. The van der Waals surface area contributed by atoms with Gasteiger partial charge in [0.25, 0.3) is 5.91 Å². The Hall–Kier alpha value is -3.19. The Morgan fingerprint density at radius 1 is 1.07 bits per heavy atom. The molecule has 4 aromatic rings. The summed E-state index contributed by atoms with van der Waals surface area (Å²) >= 11 is 1.33. The first-order valence-corrected chi connectivity index (χ1v) is 8.95. The number of anilines is 1. The zero-order valence-corrected chi connectivity index (χ0v) is 14.8. The highest BCUT2D eigenvalue weighted by atomic mass is 32.1. The number of aromatic nitrogens is 2. The third kappa shape index (κ3) is 3.54. The molecule has 4 rings (SSSR count). The van der Waals surface area contributed by atoms with Crippen molar-refractivity contribution < 1.29 is 13.6 Å². The lowest BCUT2D eigenvalue weighted by atomic mass is 10.1. The minimum Gasteiger partial charge on any atom is -0.279 e. The molecule has 0 spiro atoms. The largest absolute Gasteiger partial charge is 0.279 e. The monoisotopic (exact) mass is 381 g/mol. The van der Waals surface area contributed by atoms with Crippen molar-refractivity contribution in [2.45, 2.75) is 6.54 Å². The summed E-state index contributed by atoms with van der Waals surface area (Å²) in [6, 6.07) is 14.0. The van der Waals surface area contributed by atoms with Crippen LogP contribution in [0.2, 0.25) is 0 Å². The second-order valence-corrected chi connectivity index (χ2v) is 6.85. The molecule has 0 aliphatic heterocycles. The van der Waals surface area contributed by atoms with Crippen molar-refractivity contribution in [1.82, 2.24) is 9.97 Å². The van der Waals surface area contributed by atoms with Gasteiger partial charge in [0, 0.05) is 18.5 Å². The Morgan fingerprint density at radius 3 is 2.67 bits per heavy atom. The number of benzene rings is 2. The van der Waals surface area contributed by atoms with E-state index in [1.165, 1.54) is 16.2 Å². The molecule has 0 atom stereocenters. The summed E-state index contributed by atoms with van der Waals surface area (Å²) < 4.78 is 28.4. The molecule has 27 heavy (non-hydrogen) atoms. The summed E-state index contributed by atoms with van der Waals surface area (Å²) in [6.45, 7) is 0.170. The van der Waals surface area contributed by atoms with E-state index in [1.54, 1.807) is 18.5 Å². The van der Waals surface area contributed by atoms with Gasteiger partial charge in [-0.3, -0.25) is 14.7 Å². The van der Waals surface area contributed by atoms with Crippen molar-refractivity contribution in [3.63, 3.8) is 0 Å². The van der Waals surface area contributed by atoms with Gasteiger partial charge in [-0.15, -0.1) is 0 Å². The minimum absolute atomic E-state index is 0.170. The zero-order valence-electron chi connectivity index (χ0n) is 14.0. The molecule has 0 aliphatic rings. The molecule has 0 radical (unpaired) electrons. The number of fused-ring (bicyclic) bond motifs is 1. The molecule has 1 amide bonds. The topological polar surface area (TPSA) is 46.1 Å². The number of hydrogen-bond donors (Lipinski definition) is 0. The van der Waals surface area contributed by atoms with Crippen LogP contribution in [0.3, 0.4) is 0 Å². The van der Waals surface area contributed by atoms with E-state index in [1.807, 2.05) is 30.3 Å². The van der Waals surface area contributed by atoms with Crippen molar-refractivity contribution in [1.29, 1.82) is 0 Å². The fraction of sp³-hybridized carbons (Fsp3) is 0.0500. The van der Waals surface area contributed by atoms with Crippen LogP contribution in [0.1, 0.15) is 15.9 Å². The number of carbonyl (C=O) groups is 1. The molecular formula is C20H13F2N3OS. The lowest BCUT2D eigenvalue weighted by Crippen LogP contribution is -2.31. The Labute approximate surface area is 157 Å². The SMILES string of the molecule is O=C(c1ccc(F)cc1F)N(Cc1cccnc1)c1nc2ccccc2s1. The van der Waals surface area contributed by atoms with Crippen LogP contribution in [0.25, 0.3) is 10.2 Å². The van der Waals surface area contributed by atoms with E-state index in [2.05, 4.69) is 9.97 Å². The highest BCUT2D eigenvalue weighted by Crippen LogP contribution is 2.31. The molecule has 0 N–H and O–H groups in total. The molecule has 2 aromatic carbocycles. The number of para-hydroxylation sites is 1. The maximum atomic E-state index is 14.2. The average molecular weight is 381 g/mol. The van der Waals surface area contributed by atoms with Crippen molar-refractivity contribution in [3.8, 4) is 0 Å². The normalized spacial score (nSPS) is 10.9. The van der Waals surface area contributed by atoms with Gasteiger partial charge in [0.1, 0.15) is 11.6 Å². The van der Waals surface area contributed by atoms with Gasteiger partial charge < -0.3 is 0 Å². The smallest absolute Gasteiger partial charge is 0.263 e. The van der Waals surface area contributed by atoms with Crippen LogP contribution < -0.4 is 4.90 Å². The van der Waals surface area contributed by atoms with E-state index in [0.29, 0.717) is 11.2 Å². The number of rotatable bonds is 4. The van der Waals surface area contributed by atoms with E-state index in [9.17, 15) is 13.6 Å². The molecule has 0 fully saturated rings. The molecular weight excluding hydrogens is 368 g/mol. The van der Waals surface area contributed by atoms with Crippen LogP contribution in [0.15, 0.2) is 67.0 Å². The van der Waals surface area contributed by atoms with Crippen molar-refractivity contribution in [2.75, 3.05) is 4.90 Å². The Balaban J connectivity index is 1.78. The van der Waals surface area contributed by atoms with Crippen molar-refractivity contribution >= 4 is 32.6 Å². The van der Waals surface area contributed by atoms with Crippen LogP contribution in [-0.4, -0.2) is 15.9 Å². The maximum absolute atomic E-state index is 14.2. The van der Waals surface area contributed by atoms with Crippen LogP contribution in [-0.2, 0) is 6.54 Å². The molecule has 2 aromatic heterocycles. The number of pyridine rings is 1. The predicted molar refractivity (Wildman–Crippen MR) is 101 cm³/mol. The molecule has 134 valence electrons. The fourth-order valence-electron chi connectivity index (χ4n) is 2.68. The lowest BCUT2D eigenvalue weighted by molar-refractivity contribution is 0.0981. The third-order valence-electron chi connectivity index (χ3n) is 3.98. The standard InChI is InChI=1S/C20H13F2N3OS/c21-14-7-8-15(16(22)10-14)19(26)25(12-13-4-3-9-23-11-13)20-24-17-5-1-2-6-18(17)27-20/h1-11H,12H2. The molecule has 0 unspecified atom stereocenters. The van der Waals surface area contributed by atoms with Crippen LogP contribution >= 0.6 is 11.3 Å². The first-order chi connectivity index (χ1) is 13.1. The van der Waals surface area contributed by atoms with Gasteiger partial charge in [-0.1, -0.05) is 29.5 Å². The van der Waals surface area contributed by atoms with Crippen LogP contribution in [0.5, 0.6) is 0 Å². The molecule has 0 saturated heterocycles. The second-order valence-electron chi connectivity index (χ2n) is 5.84. The van der Waals surface area contributed by atoms with Gasteiger partial charge in [-0.2, -0.15) is 0 Å². The number of carbonyl (C=O) groups excluding carboxylic acids is 1. The van der Waals surface area contributed by atoms with Crippen LogP contribution in [0, 0.1) is 11.6 Å². The van der Waals surface area contributed by atoms with E-state index in [-0.39, 0.29) is 12.1 Å². The van der Waals surface area contributed by atoms with E-state index >= 15 is 0 Å². The van der Waals surface area contributed by atoms with Gasteiger partial charge in [-0.25, -0.2) is 13.8 Å². The van der Waals surface area contributed by atoms with E-state index < -0.39 is 17.5 Å². The van der Waals surface area contributed by atoms with Gasteiger partial charge in [-0.05, 0) is 35.9 Å². The van der Waals surface area contributed by atoms with Crippen molar-refractivity contribution in [3.05, 3.63) is 89.8 Å². The average Bonchev–Trinajstić information content (AvgIpc) is 3.10. The van der Waals surface area contributed by atoms with Crippen LogP contribution in [0.4, 0.5) is 13.9 Å². The zero-order chi connectivity index (χ0) is 18.8. The predicted octanol–water partition coefficient (Wildman–Crippen LogP) is 4.82. The highest BCUT2D eigenvalue weighted by molar-refractivity contribution is 7.22. The summed E-state index contributed by atoms with van der Waals surface area (Å²) in [5.74, 6) is -2.23. The molecule has 0 saturated carbocycles. The summed E-state index contributed by atoms with van der Waals surface area (Å²) in [5.41, 5.74) is 1.31. The number of thiazole rings is 1. The number of hydrogen-bond acceptors (Lipinski definition) is 4. The Morgan fingerprint density at radius 2 is 1.93 bits per heavy atom. The van der Waals surface area contributed by atoms with E-state index in [4.69, 9.17) is 0 Å². The van der Waals surface area contributed by atoms with Gasteiger partial charge >= 0.3 is 0 Å². The molecule has 7 heteroatoms. The summed E-state index contributed by atoms with van der Waals surface area (Å²) in [4.78, 5) is 23.0. The van der Waals surface area contributed by atoms with Crippen molar-refractivity contribution in [2.24, 2.45) is 0 Å². The van der Waals surface area contributed by atoms with E-state index in [0.717, 1.165) is 27.9 Å². The molecule has 0 aliphatic carbocycles. The quantitative estimate of drug-likeness (QED) is 0.509. The molecule has 2 heterocycles. The summed E-state index contributed by atoms with van der Waals surface area (Å²) in [7, 11) is 0. The van der Waals surface area contributed by atoms with Gasteiger partial charge in [0.2, 0.25) is 0 Å². The number of nitrogens with zero attached hydrogens (tertiary/aromatic N) is 3. The fourth-order valence-corrected chi connectivity index (χ4v) is 3.65. The van der Waals surface area contributed by atoms with Gasteiger partial charge in [0.05, 0.1) is 22.3 Å². The maximum Gasteiger partial charge on any atom is 0.263 e. The van der Waals surface area contributed by atoms with Gasteiger partial charge in [0.15, 0.2) is 5.13 Å². The molecule has 0 bridgehead atoms. The number of amides is 1.